The van der Waals surface area contributed by atoms with Gasteiger partial charge in [0.25, 0.3) is 0 Å². The van der Waals surface area contributed by atoms with Crippen molar-refractivity contribution in [2.75, 3.05) is 66.0 Å². The van der Waals surface area contributed by atoms with Gasteiger partial charge in [-0.25, -0.2) is 4.39 Å². The zero-order chi connectivity index (χ0) is 25.1. The molecule has 0 heterocycles. The predicted molar refractivity (Wildman–Crippen MR) is 125 cm³/mol. The number of amides is 1. The standard InChI is InChI=1S/C24H46FNO7/c1-18(2)23(27)20(5)7-8-29-9-10-30-11-12-31-13-14-32-15-16-33-21(6)22(25)17-26-24(28)19(3)4/h18-22H,7-17H2,1-6H3,(H,26,28). The third-order valence-electron chi connectivity index (χ3n) is 4.98. The molecule has 1 N–H and O–H groups in total. The van der Waals surface area contributed by atoms with E-state index in [1.165, 1.54) is 0 Å². The van der Waals surface area contributed by atoms with Crippen molar-refractivity contribution < 1.29 is 37.7 Å². The fourth-order valence-corrected chi connectivity index (χ4v) is 2.70. The van der Waals surface area contributed by atoms with Crippen LogP contribution in [0.1, 0.15) is 48.0 Å². The summed E-state index contributed by atoms with van der Waals surface area (Å²) < 4.78 is 41.0. The Balaban J connectivity index is 3.40. The molecule has 0 spiro atoms. The summed E-state index contributed by atoms with van der Waals surface area (Å²) in [6.07, 6.45) is -1.15. The summed E-state index contributed by atoms with van der Waals surface area (Å²) in [5, 5.41) is 2.56. The monoisotopic (exact) mass is 479 g/mol. The maximum absolute atomic E-state index is 13.9. The van der Waals surface area contributed by atoms with Crippen molar-refractivity contribution in [2.45, 2.75) is 60.2 Å². The van der Waals surface area contributed by atoms with Gasteiger partial charge in [-0.3, -0.25) is 9.59 Å². The van der Waals surface area contributed by atoms with E-state index in [-0.39, 0.29) is 42.6 Å². The minimum absolute atomic E-state index is 0.0286. The Morgan fingerprint density at radius 2 is 1.15 bits per heavy atom. The van der Waals surface area contributed by atoms with Gasteiger partial charge in [-0.2, -0.15) is 0 Å². The van der Waals surface area contributed by atoms with Crippen LogP contribution < -0.4 is 5.32 Å². The topological polar surface area (TPSA) is 92.3 Å². The molecule has 0 aliphatic carbocycles. The number of carbonyl (C=O) groups excluding carboxylic acids is 2. The first-order valence-corrected chi connectivity index (χ1v) is 12.0. The van der Waals surface area contributed by atoms with E-state index < -0.39 is 12.3 Å². The number of nitrogens with one attached hydrogen (secondary N) is 1. The second-order valence-electron chi connectivity index (χ2n) is 8.69. The Kier molecular flexibility index (Phi) is 19.6. The highest BCUT2D eigenvalue weighted by Gasteiger charge is 2.18. The van der Waals surface area contributed by atoms with Crippen LogP contribution in [-0.2, 0) is 33.3 Å². The zero-order valence-electron chi connectivity index (χ0n) is 21.4. The number of ether oxygens (including phenoxy) is 5. The summed E-state index contributed by atoms with van der Waals surface area (Å²) >= 11 is 0. The summed E-state index contributed by atoms with van der Waals surface area (Å²) in [5.41, 5.74) is 0. The molecule has 33 heavy (non-hydrogen) atoms. The largest absolute Gasteiger partial charge is 0.379 e. The molecular formula is C24H46FNO7. The molecule has 0 aromatic carbocycles. The van der Waals surface area contributed by atoms with E-state index >= 15 is 0 Å². The SMILES string of the molecule is CC(C)C(=O)NCC(F)C(C)OCCOCCOCCOCCOCCC(C)C(=O)C(C)C. The van der Waals surface area contributed by atoms with Gasteiger partial charge in [0.1, 0.15) is 12.0 Å². The van der Waals surface area contributed by atoms with Crippen molar-refractivity contribution in [1.82, 2.24) is 5.32 Å². The molecule has 9 heteroatoms. The number of alkyl halides is 1. The molecule has 0 saturated heterocycles. The van der Waals surface area contributed by atoms with Gasteiger partial charge in [0.15, 0.2) is 0 Å². The highest BCUT2D eigenvalue weighted by Crippen LogP contribution is 2.10. The number of hydrogen-bond donors (Lipinski definition) is 1. The van der Waals surface area contributed by atoms with Gasteiger partial charge in [-0.05, 0) is 13.3 Å². The van der Waals surface area contributed by atoms with Crippen LogP contribution in [-0.4, -0.2) is 90.0 Å². The van der Waals surface area contributed by atoms with Crippen molar-refractivity contribution in [3.63, 3.8) is 0 Å². The van der Waals surface area contributed by atoms with Crippen LogP contribution >= 0.6 is 0 Å². The number of carbonyl (C=O) groups is 2. The number of rotatable bonds is 22. The van der Waals surface area contributed by atoms with E-state index in [0.717, 1.165) is 6.42 Å². The molecule has 0 aliphatic heterocycles. The number of hydrogen-bond acceptors (Lipinski definition) is 7. The van der Waals surface area contributed by atoms with Crippen LogP contribution in [0, 0.1) is 17.8 Å². The fourth-order valence-electron chi connectivity index (χ4n) is 2.70. The van der Waals surface area contributed by atoms with E-state index in [4.69, 9.17) is 23.7 Å². The molecule has 0 aliphatic rings. The van der Waals surface area contributed by atoms with Gasteiger partial charge in [0.05, 0.1) is 65.5 Å². The first-order valence-electron chi connectivity index (χ1n) is 12.0. The predicted octanol–water partition coefficient (Wildman–Crippen LogP) is 2.82. The molecule has 1 amide bonds. The lowest BCUT2D eigenvalue weighted by molar-refractivity contribution is -0.126. The molecule has 8 nitrogen and oxygen atoms in total. The number of Topliss-reactive ketones (excluding diaryl/α,β-unsaturated/α-hetero) is 1. The molecular weight excluding hydrogens is 433 g/mol. The fraction of sp³-hybridized carbons (Fsp3) is 0.917. The minimum atomic E-state index is -1.26. The molecule has 3 atom stereocenters. The van der Waals surface area contributed by atoms with Crippen LogP contribution in [0.25, 0.3) is 0 Å². The molecule has 0 aromatic heterocycles. The van der Waals surface area contributed by atoms with Gasteiger partial charge in [0.2, 0.25) is 5.91 Å². The minimum Gasteiger partial charge on any atom is -0.379 e. The quantitative estimate of drug-likeness (QED) is 0.239. The second-order valence-corrected chi connectivity index (χ2v) is 8.69. The van der Waals surface area contributed by atoms with Gasteiger partial charge in [-0.15, -0.1) is 0 Å². The summed E-state index contributed by atoms with van der Waals surface area (Å²) in [7, 11) is 0. The third-order valence-corrected chi connectivity index (χ3v) is 4.98. The lowest BCUT2D eigenvalue weighted by atomic mass is 9.95. The average Bonchev–Trinajstić information content (AvgIpc) is 2.78. The summed E-state index contributed by atoms with van der Waals surface area (Å²) in [6, 6.07) is 0. The summed E-state index contributed by atoms with van der Waals surface area (Å²) in [5.74, 6) is 0.0249. The first-order chi connectivity index (χ1) is 15.7. The molecule has 0 aromatic rings. The van der Waals surface area contributed by atoms with Crippen LogP contribution in [0.2, 0.25) is 0 Å². The lowest BCUT2D eigenvalue weighted by Gasteiger charge is -2.18. The normalized spacial score (nSPS) is 14.5. The van der Waals surface area contributed by atoms with E-state index in [1.807, 2.05) is 20.8 Å². The van der Waals surface area contributed by atoms with Crippen molar-refractivity contribution in [1.29, 1.82) is 0 Å². The van der Waals surface area contributed by atoms with Crippen molar-refractivity contribution in [2.24, 2.45) is 17.8 Å². The third kappa shape index (κ3) is 17.9. The molecule has 3 unspecified atom stereocenters. The van der Waals surface area contributed by atoms with E-state index in [0.29, 0.717) is 52.9 Å². The maximum atomic E-state index is 13.9. The second kappa shape index (κ2) is 20.3. The van der Waals surface area contributed by atoms with Gasteiger partial charge >= 0.3 is 0 Å². The van der Waals surface area contributed by atoms with Crippen LogP contribution in [0.15, 0.2) is 0 Å². The van der Waals surface area contributed by atoms with Gasteiger partial charge in [0, 0.05) is 24.4 Å². The zero-order valence-corrected chi connectivity index (χ0v) is 21.4. The molecule has 0 saturated carbocycles. The molecule has 0 radical (unpaired) electrons. The Hall–Kier alpha value is -1.13. The van der Waals surface area contributed by atoms with Crippen LogP contribution in [0.4, 0.5) is 4.39 Å². The molecule has 0 bridgehead atoms. The highest BCUT2D eigenvalue weighted by molar-refractivity contribution is 5.82. The van der Waals surface area contributed by atoms with Crippen molar-refractivity contribution in [3.8, 4) is 0 Å². The molecule has 0 rings (SSSR count). The Morgan fingerprint density at radius 3 is 1.61 bits per heavy atom. The lowest BCUT2D eigenvalue weighted by Crippen LogP contribution is -2.38. The Bertz CT molecular complexity index is 505. The maximum Gasteiger partial charge on any atom is 0.222 e. The summed E-state index contributed by atoms with van der Waals surface area (Å²) in [4.78, 5) is 23.2. The Labute approximate surface area is 199 Å². The average molecular weight is 480 g/mol. The van der Waals surface area contributed by atoms with E-state index in [2.05, 4.69) is 5.32 Å². The van der Waals surface area contributed by atoms with E-state index in [1.54, 1.807) is 20.8 Å². The number of ketones is 1. The Morgan fingerprint density at radius 1 is 0.697 bits per heavy atom. The molecule has 0 fully saturated rings. The summed E-state index contributed by atoms with van der Waals surface area (Å²) in [6.45, 7) is 14.8. The van der Waals surface area contributed by atoms with Crippen LogP contribution in [0.3, 0.4) is 0 Å². The van der Waals surface area contributed by atoms with Gasteiger partial charge in [-0.1, -0.05) is 34.6 Å². The van der Waals surface area contributed by atoms with E-state index in [9.17, 15) is 14.0 Å². The van der Waals surface area contributed by atoms with Crippen molar-refractivity contribution >= 4 is 11.7 Å². The number of halogens is 1. The van der Waals surface area contributed by atoms with Crippen molar-refractivity contribution in [3.05, 3.63) is 0 Å². The van der Waals surface area contributed by atoms with Crippen LogP contribution in [0.5, 0.6) is 0 Å². The molecule has 196 valence electrons. The first kappa shape index (κ1) is 31.9. The van der Waals surface area contributed by atoms with Gasteiger partial charge < -0.3 is 29.0 Å². The smallest absolute Gasteiger partial charge is 0.222 e. The highest BCUT2D eigenvalue weighted by atomic mass is 19.1.